The van der Waals surface area contributed by atoms with Crippen LogP contribution in [0.25, 0.3) is 10.8 Å². The van der Waals surface area contributed by atoms with E-state index in [0.29, 0.717) is 5.75 Å². The van der Waals surface area contributed by atoms with Gasteiger partial charge in [0.25, 0.3) is 0 Å². The Balaban J connectivity index is 0. The number of unbranched alkanes of at least 4 members (excludes halogenated alkanes) is 15. The van der Waals surface area contributed by atoms with Gasteiger partial charge in [0.2, 0.25) is 0 Å². The molecule has 166 valence electrons. The number of hydrogen-bond acceptors (Lipinski definition) is 1. The fourth-order valence-corrected chi connectivity index (χ4v) is 4.37. The predicted octanol–water partition coefficient (Wildman–Crippen LogP) is 9.19. The molecule has 2 aromatic rings. The summed E-state index contributed by atoms with van der Waals surface area (Å²) >= 11 is 0. The molecule has 30 heavy (non-hydrogen) atoms. The van der Waals surface area contributed by atoms with E-state index in [1.165, 1.54) is 103 Å². The van der Waals surface area contributed by atoms with Crippen LogP contribution in [0.5, 0.6) is 5.75 Å². The summed E-state index contributed by atoms with van der Waals surface area (Å²) in [6.45, 7) is 2.29. The van der Waals surface area contributed by atoms with Crippen LogP contribution in [-0.2, 0) is 6.42 Å². The molecule has 2 heteroatoms. The fourth-order valence-electron chi connectivity index (χ4n) is 4.37. The molecular weight excluding hydrogens is 392 g/mol. The molecule has 0 amide bonds. The van der Waals surface area contributed by atoms with E-state index in [-0.39, 0.29) is 40.6 Å². The Kier molecular flexibility index (Phi) is 17.0. The average molecular weight is 439 g/mol. The van der Waals surface area contributed by atoms with E-state index in [0.717, 1.165) is 22.8 Å². The minimum atomic E-state index is 0. The van der Waals surface area contributed by atoms with Gasteiger partial charge in [-0.1, -0.05) is 140 Å². The third kappa shape index (κ3) is 11.4. The molecule has 0 fully saturated rings. The average Bonchev–Trinajstić information content (AvgIpc) is 2.75. The smallest absolute Gasteiger partial charge is 1.00 e. The van der Waals surface area contributed by atoms with E-state index in [2.05, 4.69) is 25.1 Å². The monoisotopic (exact) mass is 438 g/mol. The molecule has 0 saturated carbocycles. The summed E-state index contributed by atoms with van der Waals surface area (Å²) in [5, 5.41) is 12.6. The fraction of sp³-hybridized carbons (Fsp3) is 0.643. The van der Waals surface area contributed by atoms with Gasteiger partial charge in [0, 0.05) is 5.39 Å². The normalized spacial score (nSPS) is 11.0. The minimum absolute atomic E-state index is 0. The largest absolute Gasteiger partial charge is 2.00 e. The van der Waals surface area contributed by atoms with Crippen molar-refractivity contribution >= 4 is 48.5 Å². The molecule has 0 aliphatic carbocycles. The van der Waals surface area contributed by atoms with Gasteiger partial charge in [-0.3, -0.25) is 0 Å². The summed E-state index contributed by atoms with van der Waals surface area (Å²) in [5.41, 5.74) is 1.11. The third-order valence-electron chi connectivity index (χ3n) is 6.28. The van der Waals surface area contributed by atoms with Gasteiger partial charge in [-0.15, -0.1) is 0 Å². The summed E-state index contributed by atoms with van der Waals surface area (Å²) in [6.07, 6.45) is 23.4. The van der Waals surface area contributed by atoms with Crippen molar-refractivity contribution in [1.29, 1.82) is 0 Å². The molecule has 0 bridgehead atoms. The topological polar surface area (TPSA) is 20.2 Å². The first-order chi connectivity index (χ1) is 14.3. The number of phenolic OH excluding ortho intramolecular Hbond substituents is 1. The Hall–Kier alpha value is -0.240. The quantitative estimate of drug-likeness (QED) is 0.193. The van der Waals surface area contributed by atoms with Gasteiger partial charge in [-0.2, -0.15) is 0 Å². The van der Waals surface area contributed by atoms with Crippen LogP contribution in [-0.4, -0.2) is 42.8 Å². The van der Waals surface area contributed by atoms with Gasteiger partial charge in [0.05, 0.1) is 0 Å². The molecule has 2 aromatic carbocycles. The Morgan fingerprint density at radius 3 is 1.60 bits per heavy atom. The number of benzene rings is 2. The van der Waals surface area contributed by atoms with Crippen molar-refractivity contribution < 1.29 is 7.96 Å². The molecule has 0 aromatic heterocycles. The predicted molar refractivity (Wildman–Crippen MR) is 137 cm³/mol. The van der Waals surface area contributed by atoms with Crippen LogP contribution in [0.1, 0.15) is 118 Å². The molecule has 0 spiro atoms. The van der Waals surface area contributed by atoms with E-state index in [1.54, 1.807) is 0 Å². The first-order valence-electron chi connectivity index (χ1n) is 12.5. The summed E-state index contributed by atoms with van der Waals surface area (Å²) in [6, 6.07) is 12.3. The van der Waals surface area contributed by atoms with Crippen molar-refractivity contribution in [3.63, 3.8) is 0 Å². The van der Waals surface area contributed by atoms with E-state index in [9.17, 15) is 5.11 Å². The van der Waals surface area contributed by atoms with Crippen molar-refractivity contribution in [1.82, 2.24) is 0 Å². The standard InChI is InChI=1S/C28H44O.Ca.2H/c1-2-3-4-5-6-7-8-9-10-11-12-13-14-15-16-17-21-26-24-23-25-20-18-19-22-27(25)28(26)29;;;/h18-20,22-24,29H,2-17,21H2,1H3;;;/q;+2;2*-1. The van der Waals surface area contributed by atoms with Gasteiger partial charge in [0.15, 0.2) is 0 Å². The van der Waals surface area contributed by atoms with Crippen LogP contribution >= 0.6 is 0 Å². The van der Waals surface area contributed by atoms with Crippen LogP contribution in [0.2, 0.25) is 0 Å². The Labute approximate surface area is 219 Å². The molecular formula is C28H46CaO. The van der Waals surface area contributed by atoms with Crippen molar-refractivity contribution in [2.24, 2.45) is 0 Å². The van der Waals surface area contributed by atoms with Crippen LogP contribution in [0.3, 0.4) is 0 Å². The molecule has 0 radical (unpaired) electrons. The van der Waals surface area contributed by atoms with Crippen molar-refractivity contribution in [3.8, 4) is 5.75 Å². The van der Waals surface area contributed by atoms with E-state index < -0.39 is 0 Å². The maximum Gasteiger partial charge on any atom is 2.00 e. The van der Waals surface area contributed by atoms with Crippen LogP contribution in [0.15, 0.2) is 36.4 Å². The Morgan fingerprint density at radius 1 is 0.600 bits per heavy atom. The Morgan fingerprint density at radius 2 is 1.07 bits per heavy atom. The van der Waals surface area contributed by atoms with Gasteiger partial charge < -0.3 is 7.96 Å². The van der Waals surface area contributed by atoms with E-state index in [4.69, 9.17) is 0 Å². The minimum Gasteiger partial charge on any atom is -1.00 e. The molecule has 0 unspecified atom stereocenters. The second-order valence-electron chi connectivity index (χ2n) is 8.85. The second kappa shape index (κ2) is 18.3. The zero-order valence-corrected chi connectivity index (χ0v) is 21.8. The summed E-state index contributed by atoms with van der Waals surface area (Å²) in [4.78, 5) is 0. The molecule has 0 heterocycles. The summed E-state index contributed by atoms with van der Waals surface area (Å²) in [7, 11) is 0. The van der Waals surface area contributed by atoms with Crippen molar-refractivity contribution in [2.45, 2.75) is 116 Å². The summed E-state index contributed by atoms with van der Waals surface area (Å²) in [5.74, 6) is 0.490. The third-order valence-corrected chi connectivity index (χ3v) is 6.28. The summed E-state index contributed by atoms with van der Waals surface area (Å²) < 4.78 is 0. The number of aryl methyl sites for hydroxylation is 1. The number of rotatable bonds is 17. The molecule has 2 rings (SSSR count). The van der Waals surface area contributed by atoms with E-state index >= 15 is 0 Å². The molecule has 1 N–H and O–H groups in total. The van der Waals surface area contributed by atoms with Crippen molar-refractivity contribution in [2.75, 3.05) is 0 Å². The molecule has 0 saturated heterocycles. The SMILES string of the molecule is CCCCCCCCCCCCCCCCCCc1ccc2ccccc2c1O.[Ca+2].[H-].[H-]. The number of fused-ring (bicyclic) bond motifs is 1. The van der Waals surface area contributed by atoms with E-state index in [1.807, 2.05) is 18.2 Å². The molecule has 0 aliphatic heterocycles. The van der Waals surface area contributed by atoms with Gasteiger partial charge in [-0.05, 0) is 23.8 Å². The van der Waals surface area contributed by atoms with Gasteiger partial charge in [-0.25, -0.2) is 0 Å². The maximum atomic E-state index is 10.5. The van der Waals surface area contributed by atoms with Crippen LogP contribution < -0.4 is 0 Å². The molecule has 0 aliphatic rings. The molecule has 0 atom stereocenters. The van der Waals surface area contributed by atoms with Gasteiger partial charge in [0.1, 0.15) is 5.75 Å². The van der Waals surface area contributed by atoms with Gasteiger partial charge >= 0.3 is 37.7 Å². The number of hydrogen-bond donors (Lipinski definition) is 1. The number of phenols is 1. The second-order valence-corrected chi connectivity index (χ2v) is 8.85. The zero-order valence-electron chi connectivity index (χ0n) is 21.6. The molecule has 1 nitrogen and oxygen atoms in total. The van der Waals surface area contributed by atoms with Crippen LogP contribution in [0, 0.1) is 0 Å². The van der Waals surface area contributed by atoms with Crippen LogP contribution in [0.4, 0.5) is 0 Å². The maximum absolute atomic E-state index is 10.5. The first-order valence-corrected chi connectivity index (χ1v) is 12.5. The number of aromatic hydroxyl groups is 1. The Bertz CT molecular complexity index is 678. The first kappa shape index (κ1) is 27.8. The zero-order chi connectivity index (χ0) is 20.6. The van der Waals surface area contributed by atoms with Crippen molar-refractivity contribution in [3.05, 3.63) is 42.0 Å².